The van der Waals surface area contributed by atoms with Gasteiger partial charge in [0.05, 0.1) is 26.5 Å². The molecule has 166 valence electrons. The molecular formula is C24H17N7O2S. The van der Waals surface area contributed by atoms with Crippen molar-refractivity contribution in [3.8, 4) is 27.2 Å². The van der Waals surface area contributed by atoms with Crippen LogP contribution in [0, 0.1) is 11.3 Å². The van der Waals surface area contributed by atoms with E-state index in [9.17, 15) is 15.2 Å². The first kappa shape index (κ1) is 21.4. The molecule has 0 fully saturated rings. The van der Waals surface area contributed by atoms with Crippen LogP contribution in [0.15, 0.2) is 61.1 Å². The second-order valence-electron chi connectivity index (χ2n) is 7.44. The number of thiophene rings is 1. The van der Waals surface area contributed by atoms with E-state index in [1.807, 2.05) is 30.3 Å². The van der Waals surface area contributed by atoms with Crippen LogP contribution in [-0.2, 0) is 4.79 Å². The number of fused-ring (bicyclic) bond motifs is 1. The molecule has 0 aliphatic carbocycles. The van der Waals surface area contributed by atoms with Crippen molar-refractivity contribution in [3.63, 3.8) is 0 Å². The number of para-hydroxylation sites is 1. The number of nitriles is 1. The number of carbonyl (C=O) groups excluding carboxylic acids is 1. The zero-order valence-electron chi connectivity index (χ0n) is 17.9. The third-order valence-corrected chi connectivity index (χ3v) is 6.45. The first-order valence-corrected chi connectivity index (χ1v) is 11.1. The first-order valence-electron chi connectivity index (χ1n) is 10.3. The highest BCUT2D eigenvalue weighted by Crippen LogP contribution is 2.45. The van der Waals surface area contributed by atoms with Crippen LogP contribution in [0.4, 0.5) is 5.82 Å². The van der Waals surface area contributed by atoms with Gasteiger partial charge in [0, 0.05) is 24.1 Å². The fourth-order valence-corrected chi connectivity index (χ4v) is 4.94. The number of pyridine rings is 2. The average molecular weight is 468 g/mol. The van der Waals surface area contributed by atoms with E-state index in [-0.39, 0.29) is 5.91 Å². The molecule has 10 heteroatoms. The predicted octanol–water partition coefficient (Wildman–Crippen LogP) is 4.06. The van der Waals surface area contributed by atoms with Gasteiger partial charge in [-0.15, -0.1) is 11.3 Å². The molecule has 9 nitrogen and oxygen atoms in total. The van der Waals surface area contributed by atoms with Crippen LogP contribution in [0.1, 0.15) is 29.8 Å². The lowest BCUT2D eigenvalue weighted by Gasteiger charge is -2.12. The fraction of sp³-hybridized carbons (Fsp3) is 0.0833. The number of aliphatic hydroxyl groups is 1. The lowest BCUT2D eigenvalue weighted by molar-refractivity contribution is -0.114. The van der Waals surface area contributed by atoms with E-state index in [0.717, 1.165) is 10.9 Å². The van der Waals surface area contributed by atoms with E-state index in [0.29, 0.717) is 43.8 Å². The van der Waals surface area contributed by atoms with Crippen molar-refractivity contribution >= 4 is 34.0 Å². The molecule has 0 aliphatic rings. The first-order chi connectivity index (χ1) is 16.5. The Labute approximate surface area is 197 Å². The molecule has 4 heterocycles. The van der Waals surface area contributed by atoms with Gasteiger partial charge in [0.2, 0.25) is 5.91 Å². The Kier molecular flexibility index (Phi) is 5.55. The lowest BCUT2D eigenvalue weighted by atomic mass is 9.98. The van der Waals surface area contributed by atoms with Gasteiger partial charge in [0.15, 0.2) is 5.82 Å². The van der Waals surface area contributed by atoms with Crippen molar-refractivity contribution in [1.82, 2.24) is 25.1 Å². The van der Waals surface area contributed by atoms with Crippen LogP contribution < -0.4 is 5.32 Å². The summed E-state index contributed by atoms with van der Waals surface area (Å²) in [4.78, 5) is 25.7. The topological polar surface area (TPSA) is 140 Å². The average Bonchev–Trinajstić information content (AvgIpc) is 3.51. The number of hydrogen-bond acceptors (Lipinski definition) is 8. The van der Waals surface area contributed by atoms with Gasteiger partial charge >= 0.3 is 0 Å². The van der Waals surface area contributed by atoms with Crippen molar-refractivity contribution in [2.75, 3.05) is 5.32 Å². The van der Waals surface area contributed by atoms with Crippen molar-refractivity contribution in [2.45, 2.75) is 13.0 Å². The van der Waals surface area contributed by atoms with Crippen molar-refractivity contribution in [1.29, 1.82) is 5.26 Å². The van der Waals surface area contributed by atoms with E-state index in [2.05, 4.69) is 36.5 Å². The SMILES string of the molecule is CC(=O)Nc1cc(-c2sc(-c3ncn[nH]3)c(C(O)c3ccc4ccccc4n3)c2C#N)ccn1. The summed E-state index contributed by atoms with van der Waals surface area (Å²) in [5.41, 5.74) is 2.50. The molecule has 0 aliphatic heterocycles. The number of H-pyrrole nitrogens is 1. The summed E-state index contributed by atoms with van der Waals surface area (Å²) in [5.74, 6) is 0.540. The maximum absolute atomic E-state index is 11.5. The lowest BCUT2D eigenvalue weighted by Crippen LogP contribution is -2.07. The van der Waals surface area contributed by atoms with Crippen LogP contribution in [0.2, 0.25) is 0 Å². The van der Waals surface area contributed by atoms with Gasteiger partial charge in [0.1, 0.15) is 24.3 Å². The third kappa shape index (κ3) is 3.90. The van der Waals surface area contributed by atoms with Crippen LogP contribution in [0.25, 0.3) is 32.0 Å². The van der Waals surface area contributed by atoms with Crippen molar-refractivity contribution in [2.24, 2.45) is 0 Å². The zero-order chi connectivity index (χ0) is 23.7. The molecule has 1 unspecified atom stereocenters. The Morgan fingerprint density at radius 3 is 2.79 bits per heavy atom. The number of amides is 1. The van der Waals surface area contributed by atoms with Crippen LogP contribution in [0.5, 0.6) is 0 Å². The maximum Gasteiger partial charge on any atom is 0.222 e. The molecule has 0 spiro atoms. The quantitative estimate of drug-likeness (QED) is 0.354. The number of nitrogens with one attached hydrogen (secondary N) is 2. The van der Waals surface area contributed by atoms with Gasteiger partial charge in [-0.1, -0.05) is 24.3 Å². The molecule has 5 rings (SSSR count). The number of carbonyl (C=O) groups is 1. The molecule has 0 bridgehead atoms. The second-order valence-corrected chi connectivity index (χ2v) is 8.46. The highest BCUT2D eigenvalue weighted by molar-refractivity contribution is 7.19. The Hall–Kier alpha value is -4.46. The summed E-state index contributed by atoms with van der Waals surface area (Å²) in [6.45, 7) is 1.40. The van der Waals surface area contributed by atoms with Gasteiger partial charge < -0.3 is 10.4 Å². The summed E-state index contributed by atoms with van der Waals surface area (Å²) in [5, 5.41) is 31.9. The highest BCUT2D eigenvalue weighted by Gasteiger charge is 2.29. The van der Waals surface area contributed by atoms with Crippen molar-refractivity contribution in [3.05, 3.63) is 77.9 Å². The standard InChI is InChI=1S/C24H17N7O2S/c1-13(32)29-19-10-15(8-9-26-19)22-16(11-25)20(23(34-22)24-27-12-28-31-24)21(33)18-7-6-14-4-2-3-5-17(14)30-18/h2-10,12,21,33H,1H3,(H,26,29,32)(H,27,28,31). The molecule has 5 aromatic rings. The van der Waals surface area contributed by atoms with E-state index in [4.69, 9.17) is 0 Å². The minimum atomic E-state index is -1.18. The van der Waals surface area contributed by atoms with Gasteiger partial charge in [-0.2, -0.15) is 10.4 Å². The van der Waals surface area contributed by atoms with Gasteiger partial charge in [-0.25, -0.2) is 15.0 Å². The molecule has 3 N–H and O–H groups in total. The fourth-order valence-electron chi connectivity index (χ4n) is 3.71. The van der Waals surface area contributed by atoms with Crippen LogP contribution in [-0.4, -0.2) is 36.2 Å². The van der Waals surface area contributed by atoms with Crippen LogP contribution >= 0.6 is 11.3 Å². The van der Waals surface area contributed by atoms with E-state index >= 15 is 0 Å². The number of aromatic nitrogens is 5. The Balaban J connectivity index is 1.69. The number of anilines is 1. The van der Waals surface area contributed by atoms with Gasteiger partial charge in [-0.3, -0.25) is 9.89 Å². The molecule has 1 amide bonds. The largest absolute Gasteiger partial charge is 0.382 e. The van der Waals surface area contributed by atoms with E-state index in [1.54, 1.807) is 24.4 Å². The number of aromatic amines is 1. The summed E-state index contributed by atoms with van der Waals surface area (Å²) in [6.07, 6.45) is 1.74. The molecule has 0 radical (unpaired) electrons. The number of rotatable bonds is 5. The Bertz CT molecular complexity index is 1550. The maximum atomic E-state index is 11.5. The van der Waals surface area contributed by atoms with Crippen LogP contribution in [0.3, 0.4) is 0 Å². The summed E-state index contributed by atoms with van der Waals surface area (Å²) >= 11 is 1.29. The van der Waals surface area contributed by atoms with E-state index in [1.165, 1.54) is 24.6 Å². The number of benzene rings is 1. The summed E-state index contributed by atoms with van der Waals surface area (Å²) < 4.78 is 0. The number of aliphatic hydroxyl groups excluding tert-OH is 1. The minimum Gasteiger partial charge on any atom is -0.382 e. The highest BCUT2D eigenvalue weighted by atomic mass is 32.1. The smallest absolute Gasteiger partial charge is 0.222 e. The third-order valence-electron chi connectivity index (χ3n) is 5.19. The molecule has 1 atom stereocenters. The number of nitrogens with zero attached hydrogens (tertiary/aromatic N) is 5. The van der Waals surface area contributed by atoms with Gasteiger partial charge in [0.25, 0.3) is 0 Å². The molecule has 1 aromatic carbocycles. The Morgan fingerprint density at radius 1 is 1.18 bits per heavy atom. The Morgan fingerprint density at radius 2 is 2.03 bits per heavy atom. The summed E-state index contributed by atoms with van der Waals surface area (Å²) in [7, 11) is 0. The van der Waals surface area contributed by atoms with Gasteiger partial charge in [-0.05, 0) is 29.8 Å². The second kappa shape index (κ2) is 8.82. The molecular weight excluding hydrogens is 450 g/mol. The number of hydrogen-bond donors (Lipinski definition) is 3. The zero-order valence-corrected chi connectivity index (χ0v) is 18.7. The predicted molar refractivity (Wildman–Crippen MR) is 128 cm³/mol. The monoisotopic (exact) mass is 467 g/mol. The van der Waals surface area contributed by atoms with E-state index < -0.39 is 6.10 Å². The minimum absolute atomic E-state index is 0.253. The summed E-state index contributed by atoms with van der Waals surface area (Å²) in [6, 6.07) is 16.9. The molecule has 34 heavy (non-hydrogen) atoms. The molecule has 0 saturated carbocycles. The molecule has 0 saturated heterocycles. The van der Waals surface area contributed by atoms with Crippen molar-refractivity contribution < 1.29 is 9.90 Å². The molecule has 4 aromatic heterocycles. The normalized spacial score (nSPS) is 11.8.